The Morgan fingerprint density at radius 2 is 2.00 bits per heavy atom. The molecule has 3 heteroatoms. The molecule has 0 saturated carbocycles. The fraction of sp³-hybridized carbons (Fsp3) is 0.417. The summed E-state index contributed by atoms with van der Waals surface area (Å²) in [6.07, 6.45) is -0.943. The van der Waals surface area contributed by atoms with Gasteiger partial charge in [-0.05, 0) is 26.6 Å². The molecule has 0 saturated heterocycles. The number of rotatable bonds is 4. The topological polar surface area (TPSA) is 40.5 Å². The van der Waals surface area contributed by atoms with Crippen molar-refractivity contribution in [3.8, 4) is 0 Å². The standard InChI is InChI=1S/C12H17NO2/c1-9-6-4-5-7-10(9)12(15)11(14)8-13(2)3/h4-7,11,14H,8H2,1-3H3. The number of benzene rings is 1. The van der Waals surface area contributed by atoms with Crippen molar-refractivity contribution in [2.75, 3.05) is 20.6 Å². The Bertz CT molecular complexity index is 347. The number of carbonyl (C=O) groups excluding carboxylic acids is 1. The number of ketones is 1. The number of nitrogens with zero attached hydrogens (tertiary/aromatic N) is 1. The molecule has 1 atom stereocenters. The molecule has 0 radical (unpaired) electrons. The predicted molar refractivity (Wildman–Crippen MR) is 60.1 cm³/mol. The van der Waals surface area contributed by atoms with Gasteiger partial charge in [0.1, 0.15) is 6.10 Å². The third-order valence-corrected chi connectivity index (χ3v) is 2.25. The van der Waals surface area contributed by atoms with E-state index in [9.17, 15) is 9.90 Å². The highest BCUT2D eigenvalue weighted by Crippen LogP contribution is 2.10. The maximum atomic E-state index is 11.8. The van der Waals surface area contributed by atoms with Crippen LogP contribution in [0, 0.1) is 6.92 Å². The van der Waals surface area contributed by atoms with E-state index in [-0.39, 0.29) is 5.78 Å². The lowest BCUT2D eigenvalue weighted by Crippen LogP contribution is -2.32. The van der Waals surface area contributed by atoms with Crippen LogP contribution in [0.2, 0.25) is 0 Å². The lowest BCUT2D eigenvalue weighted by Gasteiger charge is -2.15. The van der Waals surface area contributed by atoms with Gasteiger partial charge in [-0.1, -0.05) is 24.3 Å². The van der Waals surface area contributed by atoms with E-state index in [1.165, 1.54) is 0 Å². The molecule has 0 heterocycles. The zero-order valence-electron chi connectivity index (χ0n) is 9.40. The van der Waals surface area contributed by atoms with Crippen LogP contribution in [0.4, 0.5) is 0 Å². The van der Waals surface area contributed by atoms with E-state index < -0.39 is 6.10 Å². The predicted octanol–water partition coefficient (Wildman–Crippen LogP) is 1.10. The molecule has 1 aromatic carbocycles. The molecule has 1 rings (SSSR count). The summed E-state index contributed by atoms with van der Waals surface area (Å²) in [7, 11) is 3.66. The molecule has 3 nitrogen and oxygen atoms in total. The average molecular weight is 207 g/mol. The monoisotopic (exact) mass is 207 g/mol. The third kappa shape index (κ3) is 3.15. The van der Waals surface area contributed by atoms with Gasteiger partial charge >= 0.3 is 0 Å². The summed E-state index contributed by atoms with van der Waals surface area (Å²) in [5.74, 6) is -0.207. The first-order valence-corrected chi connectivity index (χ1v) is 4.95. The summed E-state index contributed by atoms with van der Waals surface area (Å²) in [4.78, 5) is 13.6. The van der Waals surface area contributed by atoms with Gasteiger partial charge in [-0.25, -0.2) is 0 Å². The van der Waals surface area contributed by atoms with E-state index in [0.29, 0.717) is 12.1 Å². The van der Waals surface area contributed by atoms with Crippen LogP contribution in [0.5, 0.6) is 0 Å². The second kappa shape index (κ2) is 5.05. The number of aliphatic hydroxyl groups excluding tert-OH is 1. The molecule has 0 amide bonds. The highest BCUT2D eigenvalue weighted by molar-refractivity contribution is 6.00. The molecule has 0 aliphatic carbocycles. The second-order valence-corrected chi connectivity index (χ2v) is 3.96. The summed E-state index contributed by atoms with van der Waals surface area (Å²) in [6.45, 7) is 2.22. The molecule has 1 unspecified atom stereocenters. The maximum absolute atomic E-state index is 11.8. The van der Waals surface area contributed by atoms with Gasteiger partial charge in [-0.15, -0.1) is 0 Å². The highest BCUT2D eigenvalue weighted by Gasteiger charge is 2.18. The normalized spacial score (nSPS) is 12.9. The minimum atomic E-state index is -0.943. The van der Waals surface area contributed by atoms with Crippen molar-refractivity contribution >= 4 is 5.78 Å². The minimum absolute atomic E-state index is 0.207. The quantitative estimate of drug-likeness (QED) is 0.752. The van der Waals surface area contributed by atoms with Crippen molar-refractivity contribution < 1.29 is 9.90 Å². The molecule has 1 N–H and O–H groups in total. The van der Waals surface area contributed by atoms with Gasteiger partial charge < -0.3 is 10.0 Å². The Hall–Kier alpha value is -1.19. The third-order valence-electron chi connectivity index (χ3n) is 2.25. The Labute approximate surface area is 90.3 Å². The van der Waals surface area contributed by atoms with Crippen LogP contribution < -0.4 is 0 Å². The van der Waals surface area contributed by atoms with E-state index in [1.54, 1.807) is 11.0 Å². The molecule has 0 spiro atoms. The smallest absolute Gasteiger partial charge is 0.192 e. The van der Waals surface area contributed by atoms with Crippen LogP contribution in [-0.2, 0) is 0 Å². The number of Topliss-reactive ketones (excluding diaryl/α,β-unsaturated/α-hetero) is 1. The number of likely N-dealkylation sites (N-methyl/N-ethyl adjacent to an activating group) is 1. The largest absolute Gasteiger partial charge is 0.384 e. The SMILES string of the molecule is Cc1ccccc1C(=O)C(O)CN(C)C. The van der Waals surface area contributed by atoms with Crippen molar-refractivity contribution in [3.05, 3.63) is 35.4 Å². The summed E-state index contributed by atoms with van der Waals surface area (Å²) in [6, 6.07) is 7.30. The van der Waals surface area contributed by atoms with Crippen LogP contribution in [-0.4, -0.2) is 42.5 Å². The fourth-order valence-electron chi connectivity index (χ4n) is 1.46. The van der Waals surface area contributed by atoms with Crippen molar-refractivity contribution in [1.82, 2.24) is 4.90 Å². The van der Waals surface area contributed by atoms with Gasteiger partial charge in [0.15, 0.2) is 5.78 Å². The lowest BCUT2D eigenvalue weighted by atomic mass is 10.0. The molecular weight excluding hydrogens is 190 g/mol. The Kier molecular flexibility index (Phi) is 4.00. The zero-order valence-corrected chi connectivity index (χ0v) is 9.40. The molecule has 82 valence electrons. The maximum Gasteiger partial charge on any atom is 0.192 e. The van der Waals surface area contributed by atoms with E-state index in [1.807, 2.05) is 39.2 Å². The van der Waals surface area contributed by atoms with Crippen molar-refractivity contribution in [2.45, 2.75) is 13.0 Å². The molecule has 15 heavy (non-hydrogen) atoms. The fourth-order valence-corrected chi connectivity index (χ4v) is 1.46. The molecule has 0 aliphatic heterocycles. The number of aryl methyl sites for hydroxylation is 1. The number of hydrogen-bond acceptors (Lipinski definition) is 3. The van der Waals surface area contributed by atoms with Crippen LogP contribution in [0.15, 0.2) is 24.3 Å². The molecule has 1 aromatic rings. The average Bonchev–Trinajstić information content (AvgIpc) is 2.16. The molecule has 0 aromatic heterocycles. The molecular formula is C12H17NO2. The van der Waals surface area contributed by atoms with Gasteiger partial charge in [0.25, 0.3) is 0 Å². The van der Waals surface area contributed by atoms with Crippen LogP contribution >= 0.6 is 0 Å². The Morgan fingerprint density at radius 1 is 1.40 bits per heavy atom. The van der Waals surface area contributed by atoms with Crippen molar-refractivity contribution in [3.63, 3.8) is 0 Å². The first-order chi connectivity index (χ1) is 7.02. The number of carbonyl (C=O) groups is 1. The molecule has 0 aliphatic rings. The first-order valence-electron chi connectivity index (χ1n) is 4.95. The van der Waals surface area contributed by atoms with Gasteiger partial charge in [-0.3, -0.25) is 4.79 Å². The summed E-state index contributed by atoms with van der Waals surface area (Å²) in [5.41, 5.74) is 1.51. The van der Waals surface area contributed by atoms with Crippen LogP contribution in [0.3, 0.4) is 0 Å². The Balaban J connectivity index is 2.81. The molecule has 0 bridgehead atoms. The van der Waals surface area contributed by atoms with Gasteiger partial charge in [0.05, 0.1) is 0 Å². The highest BCUT2D eigenvalue weighted by atomic mass is 16.3. The van der Waals surface area contributed by atoms with E-state index in [0.717, 1.165) is 5.56 Å². The minimum Gasteiger partial charge on any atom is -0.384 e. The zero-order chi connectivity index (χ0) is 11.4. The molecule has 0 fully saturated rings. The summed E-state index contributed by atoms with van der Waals surface area (Å²) in [5, 5.41) is 9.67. The number of aliphatic hydroxyl groups is 1. The number of hydrogen-bond donors (Lipinski definition) is 1. The van der Waals surface area contributed by atoms with Gasteiger partial charge in [-0.2, -0.15) is 0 Å². The Morgan fingerprint density at radius 3 is 2.53 bits per heavy atom. The first kappa shape index (κ1) is 11.9. The summed E-state index contributed by atoms with van der Waals surface area (Å²) < 4.78 is 0. The van der Waals surface area contributed by atoms with Gasteiger partial charge in [0.2, 0.25) is 0 Å². The van der Waals surface area contributed by atoms with E-state index in [2.05, 4.69) is 0 Å². The van der Waals surface area contributed by atoms with Crippen molar-refractivity contribution in [2.24, 2.45) is 0 Å². The van der Waals surface area contributed by atoms with Crippen LogP contribution in [0.1, 0.15) is 15.9 Å². The van der Waals surface area contributed by atoms with E-state index in [4.69, 9.17) is 0 Å². The summed E-state index contributed by atoms with van der Waals surface area (Å²) >= 11 is 0. The second-order valence-electron chi connectivity index (χ2n) is 3.96. The van der Waals surface area contributed by atoms with E-state index >= 15 is 0 Å². The van der Waals surface area contributed by atoms with Gasteiger partial charge in [0, 0.05) is 12.1 Å². The lowest BCUT2D eigenvalue weighted by molar-refractivity contribution is 0.0688. The van der Waals surface area contributed by atoms with Crippen molar-refractivity contribution in [1.29, 1.82) is 0 Å². The van der Waals surface area contributed by atoms with Crippen LogP contribution in [0.25, 0.3) is 0 Å².